The summed E-state index contributed by atoms with van der Waals surface area (Å²) in [6.45, 7) is 3.63. The SMILES string of the molecule is CCCC(C(=S)N[C@@H](Cc1ccc(OC)cc1)C(=O)NC)C(C)C(=O)O. The van der Waals surface area contributed by atoms with Crippen LogP contribution in [-0.4, -0.2) is 42.2 Å². The van der Waals surface area contributed by atoms with Crippen molar-refractivity contribution in [3.8, 4) is 5.75 Å². The number of likely N-dealkylation sites (N-methyl/N-ethyl adjacent to an activating group) is 1. The van der Waals surface area contributed by atoms with Crippen molar-refractivity contribution in [2.24, 2.45) is 11.8 Å². The van der Waals surface area contributed by atoms with Crippen LogP contribution < -0.4 is 15.4 Å². The van der Waals surface area contributed by atoms with Crippen LogP contribution in [0.1, 0.15) is 32.3 Å². The van der Waals surface area contributed by atoms with Gasteiger partial charge in [-0.2, -0.15) is 0 Å². The molecule has 0 saturated carbocycles. The van der Waals surface area contributed by atoms with E-state index in [1.54, 1.807) is 21.1 Å². The lowest BCUT2D eigenvalue weighted by molar-refractivity contribution is -0.142. The number of rotatable bonds is 10. The minimum absolute atomic E-state index is 0.193. The number of carboxylic acid groups (broad SMARTS) is 1. The van der Waals surface area contributed by atoms with Crippen molar-refractivity contribution in [2.75, 3.05) is 14.2 Å². The predicted molar refractivity (Wildman–Crippen MR) is 105 cm³/mol. The minimum atomic E-state index is -0.890. The van der Waals surface area contributed by atoms with Crippen molar-refractivity contribution in [3.63, 3.8) is 0 Å². The van der Waals surface area contributed by atoms with E-state index in [2.05, 4.69) is 10.6 Å². The molecule has 0 aliphatic rings. The van der Waals surface area contributed by atoms with Gasteiger partial charge in [-0.15, -0.1) is 0 Å². The molecule has 3 atom stereocenters. The molecule has 3 N–H and O–H groups in total. The topological polar surface area (TPSA) is 87.7 Å². The Morgan fingerprint density at radius 3 is 2.35 bits per heavy atom. The highest BCUT2D eigenvalue weighted by atomic mass is 32.1. The van der Waals surface area contributed by atoms with Gasteiger partial charge < -0.3 is 20.5 Å². The molecule has 1 rings (SSSR count). The normalized spacial score (nSPS) is 14.0. The van der Waals surface area contributed by atoms with Gasteiger partial charge in [0.15, 0.2) is 0 Å². The predicted octanol–water partition coefficient (Wildman–Crippen LogP) is 2.41. The molecule has 6 nitrogen and oxygen atoms in total. The molecular weight excluding hydrogens is 352 g/mol. The number of nitrogens with one attached hydrogen (secondary N) is 2. The lowest BCUT2D eigenvalue weighted by atomic mass is 9.89. The summed E-state index contributed by atoms with van der Waals surface area (Å²) in [5.41, 5.74) is 0.952. The van der Waals surface area contributed by atoms with Crippen molar-refractivity contribution in [3.05, 3.63) is 29.8 Å². The van der Waals surface area contributed by atoms with Crippen molar-refractivity contribution >= 4 is 29.1 Å². The fourth-order valence-electron chi connectivity index (χ4n) is 2.75. The van der Waals surface area contributed by atoms with Crippen molar-refractivity contribution in [1.82, 2.24) is 10.6 Å². The van der Waals surface area contributed by atoms with E-state index >= 15 is 0 Å². The van der Waals surface area contributed by atoms with Gasteiger partial charge in [-0.1, -0.05) is 44.6 Å². The molecule has 0 radical (unpaired) electrons. The first-order valence-corrected chi connectivity index (χ1v) is 9.12. The molecule has 0 aliphatic carbocycles. The highest BCUT2D eigenvalue weighted by Gasteiger charge is 2.29. The summed E-state index contributed by atoms with van der Waals surface area (Å²) in [4.78, 5) is 24.1. The van der Waals surface area contributed by atoms with Crippen LogP contribution in [0.15, 0.2) is 24.3 Å². The Morgan fingerprint density at radius 2 is 1.88 bits per heavy atom. The molecule has 7 heteroatoms. The van der Waals surface area contributed by atoms with Crippen LogP contribution in [-0.2, 0) is 16.0 Å². The van der Waals surface area contributed by atoms with Crippen molar-refractivity contribution in [2.45, 2.75) is 39.2 Å². The van der Waals surface area contributed by atoms with E-state index in [9.17, 15) is 14.7 Å². The summed E-state index contributed by atoms with van der Waals surface area (Å²) in [6, 6.07) is 6.88. The second-order valence-corrected chi connectivity index (χ2v) is 6.69. The van der Waals surface area contributed by atoms with Gasteiger partial charge in [0.05, 0.1) is 18.0 Å². The Labute approximate surface area is 160 Å². The number of carboxylic acids is 1. The zero-order chi connectivity index (χ0) is 19.7. The third-order valence-electron chi connectivity index (χ3n) is 4.41. The summed E-state index contributed by atoms with van der Waals surface area (Å²) < 4.78 is 5.14. The smallest absolute Gasteiger partial charge is 0.306 e. The first kappa shape index (κ1) is 21.9. The highest BCUT2D eigenvalue weighted by Crippen LogP contribution is 2.20. The lowest BCUT2D eigenvalue weighted by Gasteiger charge is -2.26. The maximum atomic E-state index is 12.3. The molecule has 0 fully saturated rings. The number of carbonyl (C=O) groups is 2. The van der Waals surface area contributed by atoms with E-state index in [1.165, 1.54) is 0 Å². The Balaban J connectivity index is 2.92. The first-order valence-electron chi connectivity index (χ1n) is 8.71. The summed E-state index contributed by atoms with van der Waals surface area (Å²) in [6.07, 6.45) is 1.90. The van der Waals surface area contributed by atoms with E-state index in [1.807, 2.05) is 31.2 Å². The fraction of sp³-hybridized carbons (Fsp3) is 0.526. The quantitative estimate of drug-likeness (QED) is 0.540. The Morgan fingerprint density at radius 1 is 1.27 bits per heavy atom. The van der Waals surface area contributed by atoms with Gasteiger partial charge in [0.2, 0.25) is 5.91 Å². The molecule has 0 spiro atoms. The number of benzene rings is 1. The molecule has 1 aromatic carbocycles. The van der Waals surface area contributed by atoms with E-state index in [-0.39, 0.29) is 11.8 Å². The molecule has 0 bridgehead atoms. The van der Waals surface area contributed by atoms with Gasteiger partial charge in [-0.05, 0) is 24.1 Å². The Hall–Kier alpha value is -2.15. The molecule has 144 valence electrons. The van der Waals surface area contributed by atoms with Crippen LogP contribution in [0, 0.1) is 11.8 Å². The molecular formula is C19H28N2O4S. The Bertz CT molecular complexity index is 618. The molecule has 26 heavy (non-hydrogen) atoms. The van der Waals surface area contributed by atoms with Crippen LogP contribution in [0.4, 0.5) is 0 Å². The van der Waals surface area contributed by atoms with Crippen LogP contribution in [0.3, 0.4) is 0 Å². The maximum Gasteiger partial charge on any atom is 0.306 e. The van der Waals surface area contributed by atoms with Crippen molar-refractivity contribution in [1.29, 1.82) is 0 Å². The van der Waals surface area contributed by atoms with Gasteiger partial charge in [-0.25, -0.2) is 0 Å². The minimum Gasteiger partial charge on any atom is -0.497 e. The average molecular weight is 381 g/mol. The van der Waals surface area contributed by atoms with Gasteiger partial charge in [0.1, 0.15) is 11.8 Å². The lowest BCUT2D eigenvalue weighted by Crippen LogP contribution is -2.49. The molecule has 1 amide bonds. The van der Waals surface area contributed by atoms with Crippen LogP contribution >= 0.6 is 12.2 Å². The summed E-state index contributed by atoms with van der Waals surface area (Å²) in [5.74, 6) is -1.26. The number of methoxy groups -OCH3 is 1. The summed E-state index contributed by atoms with van der Waals surface area (Å²) in [7, 11) is 3.16. The monoisotopic (exact) mass is 380 g/mol. The van der Waals surface area contributed by atoms with Crippen LogP contribution in [0.5, 0.6) is 5.75 Å². The fourth-order valence-corrected chi connectivity index (χ4v) is 3.22. The van der Waals surface area contributed by atoms with Gasteiger partial charge in [0, 0.05) is 19.4 Å². The number of hydrogen-bond donors (Lipinski definition) is 3. The molecule has 0 aromatic heterocycles. The van der Waals surface area contributed by atoms with Crippen LogP contribution in [0.2, 0.25) is 0 Å². The molecule has 2 unspecified atom stereocenters. The average Bonchev–Trinajstić information content (AvgIpc) is 2.64. The van der Waals surface area contributed by atoms with E-state index in [0.29, 0.717) is 17.8 Å². The zero-order valence-corrected chi connectivity index (χ0v) is 16.6. The van der Waals surface area contributed by atoms with Gasteiger partial charge in [-0.3, -0.25) is 9.59 Å². The second kappa shape index (κ2) is 10.8. The standard InChI is InChI=1S/C19H28N2O4S/c1-5-6-15(12(2)19(23)24)18(26)21-16(17(22)20-3)11-13-7-9-14(25-4)10-8-13/h7-10,12,15-16H,5-6,11H2,1-4H3,(H,20,22)(H,21,26)(H,23,24)/t12?,15?,16-/m0/s1. The summed E-state index contributed by atoms with van der Waals surface area (Å²) >= 11 is 5.46. The largest absolute Gasteiger partial charge is 0.497 e. The van der Waals surface area contributed by atoms with Gasteiger partial charge in [0.25, 0.3) is 0 Å². The molecule has 0 heterocycles. The summed E-state index contributed by atoms with van der Waals surface area (Å²) in [5, 5.41) is 15.0. The van der Waals surface area contributed by atoms with Crippen LogP contribution in [0.25, 0.3) is 0 Å². The third kappa shape index (κ3) is 6.29. The van der Waals surface area contributed by atoms with E-state index < -0.39 is 17.9 Å². The molecule has 0 aliphatic heterocycles. The maximum absolute atomic E-state index is 12.3. The number of ether oxygens (including phenoxy) is 1. The molecule has 0 saturated heterocycles. The highest BCUT2D eigenvalue weighted by molar-refractivity contribution is 7.80. The number of carbonyl (C=O) groups excluding carboxylic acids is 1. The number of amides is 1. The van der Waals surface area contributed by atoms with E-state index in [4.69, 9.17) is 17.0 Å². The number of hydrogen-bond acceptors (Lipinski definition) is 4. The Kier molecular flexibility index (Phi) is 9.05. The molecule has 1 aromatic rings. The third-order valence-corrected chi connectivity index (χ3v) is 4.83. The second-order valence-electron chi connectivity index (χ2n) is 6.25. The first-order chi connectivity index (χ1) is 12.3. The van der Waals surface area contributed by atoms with Crippen molar-refractivity contribution < 1.29 is 19.4 Å². The number of thiocarbonyl (C=S) groups is 1. The zero-order valence-electron chi connectivity index (χ0n) is 15.7. The number of aliphatic carboxylic acids is 1. The van der Waals surface area contributed by atoms with E-state index in [0.717, 1.165) is 17.7 Å². The van der Waals surface area contributed by atoms with Gasteiger partial charge >= 0.3 is 5.97 Å².